The van der Waals surface area contributed by atoms with Crippen LogP contribution in [0, 0.1) is 6.92 Å². The molecule has 0 aliphatic carbocycles. The van der Waals surface area contributed by atoms with Gasteiger partial charge in [-0.15, -0.1) is 0 Å². The van der Waals surface area contributed by atoms with Gasteiger partial charge in [0.1, 0.15) is 6.54 Å². The zero-order valence-electron chi connectivity index (χ0n) is 14.7. The Morgan fingerprint density at radius 3 is 2.12 bits per heavy atom. The summed E-state index contributed by atoms with van der Waals surface area (Å²) in [5.41, 5.74) is 2.31. The summed E-state index contributed by atoms with van der Waals surface area (Å²) in [6, 6.07) is 13.5. The fourth-order valence-electron chi connectivity index (χ4n) is 2.87. The van der Waals surface area contributed by atoms with Crippen molar-refractivity contribution in [2.24, 2.45) is 0 Å². The normalized spacial score (nSPS) is 15.2. The van der Waals surface area contributed by atoms with Crippen LogP contribution in [0.4, 0.5) is 5.69 Å². The standard InChI is InChI=1S/C19H20N2O4S/c1-14-3-7-16(8-4-14)21-12-11-20(13-18(21)22)19(23)15-5-9-17(10-6-15)26(2,24)25/h3-10H,11-13H2,1-2H3. The number of piperazine rings is 1. The molecule has 3 rings (SSSR count). The maximum Gasteiger partial charge on any atom is 0.254 e. The molecule has 0 N–H and O–H groups in total. The van der Waals surface area contributed by atoms with E-state index in [-0.39, 0.29) is 23.3 Å². The molecule has 0 saturated carbocycles. The molecule has 7 heteroatoms. The largest absolute Gasteiger partial charge is 0.328 e. The number of amides is 2. The summed E-state index contributed by atoms with van der Waals surface area (Å²) in [6.07, 6.45) is 1.12. The Morgan fingerprint density at radius 1 is 0.962 bits per heavy atom. The number of aryl methyl sites for hydroxylation is 1. The highest BCUT2D eigenvalue weighted by Crippen LogP contribution is 2.19. The number of hydrogen-bond donors (Lipinski definition) is 0. The first-order valence-electron chi connectivity index (χ1n) is 8.22. The van der Waals surface area contributed by atoms with Crippen molar-refractivity contribution < 1.29 is 18.0 Å². The van der Waals surface area contributed by atoms with Crippen LogP contribution in [0.3, 0.4) is 0 Å². The van der Waals surface area contributed by atoms with Crippen molar-refractivity contribution in [2.45, 2.75) is 11.8 Å². The van der Waals surface area contributed by atoms with Crippen LogP contribution >= 0.6 is 0 Å². The second-order valence-electron chi connectivity index (χ2n) is 6.40. The van der Waals surface area contributed by atoms with Crippen LogP contribution in [0.2, 0.25) is 0 Å². The minimum atomic E-state index is -3.31. The molecule has 0 radical (unpaired) electrons. The lowest BCUT2D eigenvalue weighted by molar-refractivity contribution is -0.120. The average molecular weight is 372 g/mol. The quantitative estimate of drug-likeness (QED) is 0.825. The van der Waals surface area contributed by atoms with Crippen LogP contribution in [-0.4, -0.2) is 51.0 Å². The first-order valence-corrected chi connectivity index (χ1v) is 10.1. The number of carbonyl (C=O) groups excluding carboxylic acids is 2. The van der Waals surface area contributed by atoms with Gasteiger partial charge in [-0.1, -0.05) is 17.7 Å². The predicted molar refractivity (Wildman–Crippen MR) is 99.0 cm³/mol. The van der Waals surface area contributed by atoms with E-state index in [1.54, 1.807) is 4.90 Å². The van der Waals surface area contributed by atoms with Crippen LogP contribution in [0.25, 0.3) is 0 Å². The molecule has 0 spiro atoms. The van der Waals surface area contributed by atoms with Crippen molar-refractivity contribution in [3.05, 3.63) is 59.7 Å². The minimum Gasteiger partial charge on any atom is -0.328 e. The lowest BCUT2D eigenvalue weighted by Gasteiger charge is -2.34. The molecule has 1 heterocycles. The summed E-state index contributed by atoms with van der Waals surface area (Å²) in [7, 11) is -3.31. The van der Waals surface area contributed by atoms with E-state index in [9.17, 15) is 18.0 Å². The third kappa shape index (κ3) is 3.77. The molecule has 0 aromatic heterocycles. The highest BCUT2D eigenvalue weighted by molar-refractivity contribution is 7.90. The van der Waals surface area contributed by atoms with Crippen molar-refractivity contribution >= 4 is 27.3 Å². The molecule has 1 saturated heterocycles. The van der Waals surface area contributed by atoms with Crippen LogP contribution in [0.1, 0.15) is 15.9 Å². The molecule has 0 bridgehead atoms. The van der Waals surface area contributed by atoms with Crippen molar-refractivity contribution in [1.29, 1.82) is 0 Å². The fourth-order valence-corrected chi connectivity index (χ4v) is 3.50. The van der Waals surface area contributed by atoms with Crippen LogP contribution < -0.4 is 4.90 Å². The first-order chi connectivity index (χ1) is 12.3. The summed E-state index contributed by atoms with van der Waals surface area (Å²) in [5.74, 6) is -0.414. The van der Waals surface area contributed by atoms with E-state index in [1.165, 1.54) is 29.2 Å². The van der Waals surface area contributed by atoms with Gasteiger partial charge in [-0.3, -0.25) is 9.59 Å². The molecule has 136 valence electrons. The van der Waals surface area contributed by atoms with E-state index in [0.29, 0.717) is 18.7 Å². The zero-order chi connectivity index (χ0) is 18.9. The second-order valence-corrected chi connectivity index (χ2v) is 8.42. The number of carbonyl (C=O) groups is 2. The second kappa shape index (κ2) is 6.92. The molecule has 26 heavy (non-hydrogen) atoms. The Morgan fingerprint density at radius 2 is 1.58 bits per heavy atom. The highest BCUT2D eigenvalue weighted by Gasteiger charge is 2.28. The van der Waals surface area contributed by atoms with Crippen molar-refractivity contribution in [3.8, 4) is 0 Å². The number of sulfone groups is 1. The van der Waals surface area contributed by atoms with Gasteiger partial charge in [0, 0.05) is 30.6 Å². The zero-order valence-corrected chi connectivity index (χ0v) is 15.5. The molecule has 1 fully saturated rings. The molecule has 2 aromatic carbocycles. The van der Waals surface area contributed by atoms with Gasteiger partial charge < -0.3 is 9.80 Å². The van der Waals surface area contributed by atoms with Gasteiger partial charge >= 0.3 is 0 Å². The smallest absolute Gasteiger partial charge is 0.254 e. The minimum absolute atomic E-state index is 0.000533. The topological polar surface area (TPSA) is 74.8 Å². The van der Waals surface area contributed by atoms with Gasteiger partial charge in [-0.05, 0) is 43.3 Å². The molecular formula is C19H20N2O4S. The molecular weight excluding hydrogens is 352 g/mol. The van der Waals surface area contributed by atoms with E-state index < -0.39 is 9.84 Å². The maximum atomic E-state index is 12.6. The SMILES string of the molecule is Cc1ccc(N2CCN(C(=O)c3ccc(S(C)(=O)=O)cc3)CC2=O)cc1. The summed E-state index contributed by atoms with van der Waals surface area (Å²) in [5, 5.41) is 0. The Hall–Kier alpha value is -2.67. The van der Waals surface area contributed by atoms with Crippen molar-refractivity contribution in [1.82, 2.24) is 4.90 Å². The molecule has 1 aliphatic rings. The molecule has 0 atom stereocenters. The number of hydrogen-bond acceptors (Lipinski definition) is 4. The highest BCUT2D eigenvalue weighted by atomic mass is 32.2. The van der Waals surface area contributed by atoms with Gasteiger partial charge in [0.25, 0.3) is 5.91 Å². The van der Waals surface area contributed by atoms with Crippen molar-refractivity contribution in [2.75, 3.05) is 30.8 Å². The Bertz CT molecular complexity index is 935. The van der Waals surface area contributed by atoms with E-state index in [1.807, 2.05) is 31.2 Å². The molecule has 0 unspecified atom stereocenters. The fraction of sp³-hybridized carbons (Fsp3) is 0.263. The third-order valence-corrected chi connectivity index (χ3v) is 5.51. The monoisotopic (exact) mass is 372 g/mol. The number of rotatable bonds is 3. The number of benzene rings is 2. The van der Waals surface area contributed by atoms with Gasteiger partial charge in [0.2, 0.25) is 5.91 Å². The van der Waals surface area contributed by atoms with Gasteiger partial charge in [0.15, 0.2) is 9.84 Å². The molecule has 2 aromatic rings. The summed E-state index contributed by atoms with van der Waals surface area (Å²) < 4.78 is 23.0. The van der Waals surface area contributed by atoms with E-state index >= 15 is 0 Å². The lowest BCUT2D eigenvalue weighted by Crippen LogP contribution is -2.52. The van der Waals surface area contributed by atoms with Gasteiger partial charge in [-0.2, -0.15) is 0 Å². The summed E-state index contributed by atoms with van der Waals surface area (Å²) in [6.45, 7) is 2.83. The summed E-state index contributed by atoms with van der Waals surface area (Å²) in [4.78, 5) is 28.4. The van der Waals surface area contributed by atoms with Gasteiger partial charge in [-0.25, -0.2) is 8.42 Å². The van der Waals surface area contributed by atoms with Crippen LogP contribution in [0.15, 0.2) is 53.4 Å². The first kappa shape index (κ1) is 18.1. The third-order valence-electron chi connectivity index (χ3n) is 4.38. The molecule has 6 nitrogen and oxygen atoms in total. The van der Waals surface area contributed by atoms with E-state index in [0.717, 1.165) is 17.5 Å². The Labute approximate surface area is 153 Å². The van der Waals surface area contributed by atoms with Crippen molar-refractivity contribution in [3.63, 3.8) is 0 Å². The average Bonchev–Trinajstić information content (AvgIpc) is 2.61. The maximum absolute atomic E-state index is 12.6. The van der Waals surface area contributed by atoms with Crippen LogP contribution in [0.5, 0.6) is 0 Å². The van der Waals surface area contributed by atoms with E-state index in [4.69, 9.17) is 0 Å². The lowest BCUT2D eigenvalue weighted by atomic mass is 10.1. The number of nitrogens with zero attached hydrogens (tertiary/aromatic N) is 2. The molecule has 1 aliphatic heterocycles. The predicted octanol–water partition coefficient (Wildman–Crippen LogP) is 1.89. The molecule has 2 amide bonds. The van der Waals surface area contributed by atoms with Crippen LogP contribution in [-0.2, 0) is 14.6 Å². The van der Waals surface area contributed by atoms with Gasteiger partial charge in [0.05, 0.1) is 4.90 Å². The Balaban J connectivity index is 1.71. The van der Waals surface area contributed by atoms with E-state index in [2.05, 4.69) is 0 Å². The number of anilines is 1. The summed E-state index contributed by atoms with van der Waals surface area (Å²) >= 11 is 0. The Kier molecular flexibility index (Phi) is 4.82.